The van der Waals surface area contributed by atoms with Gasteiger partial charge in [0.05, 0.1) is 6.42 Å². The van der Waals surface area contributed by atoms with Crippen molar-refractivity contribution in [2.75, 3.05) is 19.6 Å². The second-order valence-corrected chi connectivity index (χ2v) is 7.79. The molecule has 3 amide bonds. The average Bonchev–Trinajstić information content (AvgIpc) is 2.81. The number of ether oxygens (including phenoxy) is 1. The zero-order valence-corrected chi connectivity index (χ0v) is 17.2. The lowest BCUT2D eigenvalue weighted by Gasteiger charge is -2.31. The first-order valence-corrected chi connectivity index (χ1v) is 10.5. The third-order valence-electron chi connectivity index (χ3n) is 5.67. The van der Waals surface area contributed by atoms with Crippen LogP contribution < -0.4 is 0 Å². The molecule has 2 aliphatic heterocycles. The molecular weight excluding hydrogens is 396 g/mol. The van der Waals surface area contributed by atoms with Crippen LogP contribution in [0.15, 0.2) is 54.6 Å². The summed E-state index contributed by atoms with van der Waals surface area (Å²) >= 11 is 0. The Labute approximate surface area is 180 Å². The summed E-state index contributed by atoms with van der Waals surface area (Å²) < 4.78 is 5.56. The first-order chi connectivity index (χ1) is 15.0. The Kier molecular flexibility index (Phi) is 6.11. The van der Waals surface area contributed by atoms with Gasteiger partial charge in [0.25, 0.3) is 11.8 Å². The standard InChI is InChI=1S/C24H24N2O5/c27-20-15-18-11-5-6-12-19(18)23(29)26(20)16-21(28)31-22(17-9-3-1-4-10-17)24(30)25-13-7-2-8-14-25/h1,3-6,9-12,22H,2,7-8,13-16H2/t22-/m0/s1. The molecule has 0 bridgehead atoms. The summed E-state index contributed by atoms with van der Waals surface area (Å²) in [5.41, 5.74) is 1.61. The van der Waals surface area contributed by atoms with Crippen molar-refractivity contribution in [3.63, 3.8) is 0 Å². The van der Waals surface area contributed by atoms with Crippen molar-refractivity contribution in [2.24, 2.45) is 0 Å². The minimum atomic E-state index is -1.10. The van der Waals surface area contributed by atoms with Crippen LogP contribution in [0.3, 0.4) is 0 Å². The highest BCUT2D eigenvalue weighted by Crippen LogP contribution is 2.24. The number of carbonyl (C=O) groups is 4. The van der Waals surface area contributed by atoms with E-state index in [1.807, 2.05) is 6.07 Å². The van der Waals surface area contributed by atoms with Crippen molar-refractivity contribution in [1.82, 2.24) is 9.80 Å². The van der Waals surface area contributed by atoms with Crippen molar-refractivity contribution >= 4 is 23.7 Å². The summed E-state index contributed by atoms with van der Waals surface area (Å²) in [5.74, 6) is -2.05. The van der Waals surface area contributed by atoms with Gasteiger partial charge in [-0.2, -0.15) is 0 Å². The number of nitrogens with zero attached hydrogens (tertiary/aromatic N) is 2. The zero-order valence-electron chi connectivity index (χ0n) is 17.2. The minimum absolute atomic E-state index is 0.0457. The molecule has 1 saturated heterocycles. The number of hydrogen-bond acceptors (Lipinski definition) is 5. The smallest absolute Gasteiger partial charge is 0.327 e. The van der Waals surface area contributed by atoms with Gasteiger partial charge in [0.1, 0.15) is 6.54 Å². The fourth-order valence-corrected chi connectivity index (χ4v) is 4.03. The summed E-state index contributed by atoms with van der Waals surface area (Å²) in [4.78, 5) is 53.7. The van der Waals surface area contributed by atoms with Gasteiger partial charge in [0.15, 0.2) is 0 Å². The van der Waals surface area contributed by atoms with E-state index in [1.165, 1.54) is 0 Å². The second-order valence-electron chi connectivity index (χ2n) is 7.79. The van der Waals surface area contributed by atoms with Crippen LogP contribution in [0, 0.1) is 0 Å². The molecule has 0 spiro atoms. The maximum absolute atomic E-state index is 13.1. The van der Waals surface area contributed by atoms with Crippen LogP contribution in [0.25, 0.3) is 0 Å². The van der Waals surface area contributed by atoms with Crippen molar-refractivity contribution in [3.8, 4) is 0 Å². The van der Waals surface area contributed by atoms with E-state index in [-0.39, 0.29) is 12.3 Å². The monoisotopic (exact) mass is 420 g/mol. The molecule has 0 saturated carbocycles. The average molecular weight is 420 g/mol. The Bertz CT molecular complexity index is 998. The van der Waals surface area contributed by atoms with Crippen molar-refractivity contribution in [2.45, 2.75) is 31.8 Å². The lowest BCUT2D eigenvalue weighted by Crippen LogP contribution is -2.46. The molecule has 0 aliphatic carbocycles. The van der Waals surface area contributed by atoms with Crippen LogP contribution in [0.2, 0.25) is 0 Å². The van der Waals surface area contributed by atoms with Gasteiger partial charge in [-0.05, 0) is 30.9 Å². The van der Waals surface area contributed by atoms with E-state index >= 15 is 0 Å². The summed E-state index contributed by atoms with van der Waals surface area (Å²) in [7, 11) is 0. The highest BCUT2D eigenvalue weighted by molar-refractivity contribution is 6.11. The Balaban J connectivity index is 1.50. The molecule has 0 N–H and O–H groups in total. The van der Waals surface area contributed by atoms with Crippen molar-refractivity contribution in [1.29, 1.82) is 0 Å². The van der Waals surface area contributed by atoms with Crippen LogP contribution in [-0.2, 0) is 25.5 Å². The first kappa shape index (κ1) is 20.8. The maximum Gasteiger partial charge on any atom is 0.327 e. The SMILES string of the molecule is O=C(CN1C(=O)Cc2ccccc2C1=O)O[C@H](C(=O)N1CCCCC1)c1ccccc1. The fraction of sp³-hybridized carbons (Fsp3) is 0.333. The van der Waals surface area contributed by atoms with Crippen LogP contribution in [-0.4, -0.2) is 53.1 Å². The molecule has 160 valence electrons. The third kappa shape index (κ3) is 4.50. The van der Waals surface area contributed by atoms with E-state index in [2.05, 4.69) is 0 Å². The van der Waals surface area contributed by atoms with Gasteiger partial charge in [-0.1, -0.05) is 48.5 Å². The molecule has 2 aromatic carbocycles. The minimum Gasteiger partial charge on any atom is -0.446 e. The number of hydrogen-bond donors (Lipinski definition) is 0. The number of likely N-dealkylation sites (tertiary alicyclic amines) is 1. The molecule has 2 aromatic rings. The van der Waals surface area contributed by atoms with E-state index < -0.39 is 30.4 Å². The molecule has 1 fully saturated rings. The van der Waals surface area contributed by atoms with Crippen LogP contribution >= 0.6 is 0 Å². The summed E-state index contributed by atoms with van der Waals surface area (Å²) in [6.07, 6.45) is 1.84. The van der Waals surface area contributed by atoms with Crippen LogP contribution in [0.5, 0.6) is 0 Å². The number of benzene rings is 2. The van der Waals surface area contributed by atoms with Gasteiger partial charge in [-0.15, -0.1) is 0 Å². The zero-order chi connectivity index (χ0) is 21.8. The Hall–Kier alpha value is -3.48. The van der Waals surface area contributed by atoms with Gasteiger partial charge < -0.3 is 9.64 Å². The van der Waals surface area contributed by atoms with Crippen LogP contribution in [0.4, 0.5) is 0 Å². The topological polar surface area (TPSA) is 84.0 Å². The van der Waals surface area contributed by atoms with E-state index in [9.17, 15) is 19.2 Å². The van der Waals surface area contributed by atoms with Gasteiger partial charge in [-0.25, -0.2) is 0 Å². The predicted molar refractivity (Wildman–Crippen MR) is 112 cm³/mol. The highest BCUT2D eigenvalue weighted by atomic mass is 16.5. The summed E-state index contributed by atoms with van der Waals surface area (Å²) in [6.45, 7) is 0.724. The van der Waals surface area contributed by atoms with Gasteiger partial charge in [0, 0.05) is 24.2 Å². The molecule has 2 aliphatic rings. The van der Waals surface area contributed by atoms with Gasteiger partial charge in [-0.3, -0.25) is 24.1 Å². The Morgan fingerprint density at radius 1 is 0.903 bits per heavy atom. The molecule has 0 aromatic heterocycles. The molecule has 4 rings (SSSR count). The molecule has 0 unspecified atom stereocenters. The number of imide groups is 1. The van der Waals surface area contributed by atoms with E-state index in [1.54, 1.807) is 53.4 Å². The number of carbonyl (C=O) groups excluding carboxylic acids is 4. The lowest BCUT2D eigenvalue weighted by atomic mass is 9.98. The number of amides is 3. The molecule has 7 nitrogen and oxygen atoms in total. The number of esters is 1. The fourth-order valence-electron chi connectivity index (χ4n) is 4.03. The molecule has 2 heterocycles. The Morgan fingerprint density at radius 2 is 1.58 bits per heavy atom. The van der Waals surface area contributed by atoms with Crippen LogP contribution in [0.1, 0.15) is 46.9 Å². The molecule has 31 heavy (non-hydrogen) atoms. The van der Waals surface area contributed by atoms with E-state index in [0.29, 0.717) is 29.8 Å². The van der Waals surface area contributed by atoms with Crippen molar-refractivity contribution < 1.29 is 23.9 Å². The predicted octanol–water partition coefficient (Wildman–Crippen LogP) is 2.51. The third-order valence-corrected chi connectivity index (χ3v) is 5.67. The van der Waals surface area contributed by atoms with Crippen molar-refractivity contribution in [3.05, 3.63) is 71.3 Å². The molecule has 0 radical (unpaired) electrons. The normalized spacial score (nSPS) is 17.2. The number of piperidine rings is 1. The van der Waals surface area contributed by atoms with E-state index in [4.69, 9.17) is 4.74 Å². The van der Waals surface area contributed by atoms with E-state index in [0.717, 1.165) is 24.2 Å². The maximum atomic E-state index is 13.1. The van der Waals surface area contributed by atoms with Gasteiger partial charge >= 0.3 is 5.97 Å². The Morgan fingerprint density at radius 3 is 2.32 bits per heavy atom. The quantitative estimate of drug-likeness (QED) is 0.548. The highest BCUT2D eigenvalue weighted by Gasteiger charge is 2.35. The first-order valence-electron chi connectivity index (χ1n) is 10.5. The lowest BCUT2D eigenvalue weighted by molar-refractivity contribution is -0.162. The number of fused-ring (bicyclic) bond motifs is 1. The molecule has 7 heteroatoms. The molecular formula is C24H24N2O5. The largest absolute Gasteiger partial charge is 0.446 e. The van der Waals surface area contributed by atoms with Gasteiger partial charge in [0.2, 0.25) is 12.0 Å². The number of rotatable bonds is 5. The second kappa shape index (κ2) is 9.12. The molecule has 1 atom stereocenters. The summed E-state index contributed by atoms with van der Waals surface area (Å²) in [6, 6.07) is 15.7. The summed E-state index contributed by atoms with van der Waals surface area (Å²) in [5, 5.41) is 0.